The largest absolute Gasteiger partial charge is 0.398 e. The van der Waals surface area contributed by atoms with Crippen LogP contribution in [0.3, 0.4) is 0 Å². The molecule has 102 valence electrons. The summed E-state index contributed by atoms with van der Waals surface area (Å²) in [6, 6.07) is 4.56. The fraction of sp³-hybridized carbons (Fsp3) is 0.538. The van der Waals surface area contributed by atoms with Gasteiger partial charge in [-0.25, -0.2) is 8.42 Å². The molecule has 0 saturated carbocycles. The zero-order valence-corrected chi connectivity index (χ0v) is 12.2. The lowest BCUT2D eigenvalue weighted by Crippen LogP contribution is -2.09. The minimum Gasteiger partial charge on any atom is -0.398 e. The van der Waals surface area contributed by atoms with Gasteiger partial charge in [-0.1, -0.05) is 44.2 Å². The molecule has 3 nitrogen and oxygen atoms in total. The smallest absolute Gasteiger partial charge is 0.180 e. The number of hydrogen-bond donors (Lipinski definition) is 1. The Hall–Kier alpha value is -0.740. The fourth-order valence-electron chi connectivity index (χ4n) is 1.78. The van der Waals surface area contributed by atoms with Crippen LogP contribution in [0, 0.1) is 0 Å². The molecule has 0 aliphatic carbocycles. The van der Waals surface area contributed by atoms with Crippen LogP contribution in [0.2, 0.25) is 5.02 Å². The molecule has 1 rings (SSSR count). The van der Waals surface area contributed by atoms with Gasteiger partial charge < -0.3 is 5.73 Å². The first-order valence-electron chi connectivity index (χ1n) is 6.25. The van der Waals surface area contributed by atoms with Crippen LogP contribution in [0.5, 0.6) is 0 Å². The van der Waals surface area contributed by atoms with Crippen LogP contribution < -0.4 is 5.73 Å². The van der Waals surface area contributed by atoms with E-state index in [0.717, 1.165) is 25.7 Å². The number of hydrogen-bond acceptors (Lipinski definition) is 3. The van der Waals surface area contributed by atoms with E-state index in [-0.39, 0.29) is 16.3 Å². The Morgan fingerprint density at radius 2 is 1.83 bits per heavy atom. The van der Waals surface area contributed by atoms with Crippen LogP contribution in [-0.4, -0.2) is 14.2 Å². The molecule has 0 heterocycles. The summed E-state index contributed by atoms with van der Waals surface area (Å²) in [5.41, 5.74) is 5.96. The third kappa shape index (κ3) is 4.50. The van der Waals surface area contributed by atoms with Crippen LogP contribution >= 0.6 is 11.6 Å². The van der Waals surface area contributed by atoms with Gasteiger partial charge >= 0.3 is 0 Å². The van der Waals surface area contributed by atoms with E-state index in [1.807, 2.05) is 0 Å². The minimum atomic E-state index is -3.31. The van der Waals surface area contributed by atoms with Gasteiger partial charge in [-0.05, 0) is 24.6 Å². The molecule has 0 unspecified atom stereocenters. The van der Waals surface area contributed by atoms with Crippen molar-refractivity contribution in [3.05, 3.63) is 23.2 Å². The molecule has 0 atom stereocenters. The molecule has 18 heavy (non-hydrogen) atoms. The van der Waals surface area contributed by atoms with Gasteiger partial charge in [0.25, 0.3) is 0 Å². The Kier molecular flexibility index (Phi) is 5.96. The van der Waals surface area contributed by atoms with Crippen LogP contribution in [0.25, 0.3) is 0 Å². The highest BCUT2D eigenvalue weighted by Gasteiger charge is 2.17. The van der Waals surface area contributed by atoms with E-state index in [9.17, 15) is 8.42 Å². The molecule has 0 aliphatic heterocycles. The quantitative estimate of drug-likeness (QED) is 0.615. The number of sulfone groups is 1. The van der Waals surface area contributed by atoms with Crippen molar-refractivity contribution < 1.29 is 8.42 Å². The number of unbranched alkanes of at least 4 members (excludes halogenated alkanes) is 4. The van der Waals surface area contributed by atoms with Crippen molar-refractivity contribution >= 4 is 27.1 Å². The van der Waals surface area contributed by atoms with Gasteiger partial charge in [0.1, 0.15) is 0 Å². The average Bonchev–Trinajstić information content (AvgIpc) is 2.32. The van der Waals surface area contributed by atoms with Crippen LogP contribution in [0.4, 0.5) is 5.69 Å². The van der Waals surface area contributed by atoms with Gasteiger partial charge in [0.05, 0.1) is 16.3 Å². The summed E-state index contributed by atoms with van der Waals surface area (Å²) in [5.74, 6) is 0.140. The lowest BCUT2D eigenvalue weighted by atomic mass is 10.2. The molecule has 1 aromatic carbocycles. The maximum absolute atomic E-state index is 12.1. The SMILES string of the molecule is CCCCCCCS(=O)(=O)c1cc(Cl)ccc1N. The topological polar surface area (TPSA) is 60.2 Å². The fourth-order valence-corrected chi connectivity index (χ4v) is 3.56. The second-order valence-corrected chi connectivity index (χ2v) is 6.93. The standard InChI is InChI=1S/C13H20ClNO2S/c1-2-3-4-5-6-9-18(16,17)13-10-11(14)7-8-12(13)15/h7-8,10H,2-6,9,15H2,1H3. The van der Waals surface area contributed by atoms with Crippen molar-refractivity contribution in [2.75, 3.05) is 11.5 Å². The highest BCUT2D eigenvalue weighted by atomic mass is 35.5. The molecule has 0 saturated heterocycles. The normalized spacial score (nSPS) is 11.7. The van der Waals surface area contributed by atoms with Gasteiger partial charge in [0.2, 0.25) is 0 Å². The predicted molar refractivity (Wildman–Crippen MR) is 76.7 cm³/mol. The summed E-state index contributed by atoms with van der Waals surface area (Å²) in [6.07, 6.45) is 4.99. The molecule has 1 aromatic rings. The average molecular weight is 290 g/mol. The van der Waals surface area contributed by atoms with E-state index in [0.29, 0.717) is 11.4 Å². The van der Waals surface area contributed by atoms with Crippen molar-refractivity contribution in [1.82, 2.24) is 0 Å². The molecule has 0 fully saturated rings. The third-order valence-corrected chi connectivity index (χ3v) is 4.91. The van der Waals surface area contributed by atoms with Crippen molar-refractivity contribution in [2.24, 2.45) is 0 Å². The summed E-state index contributed by atoms with van der Waals surface area (Å²) in [5, 5.41) is 0.397. The van der Waals surface area contributed by atoms with Crippen molar-refractivity contribution in [2.45, 2.75) is 43.9 Å². The van der Waals surface area contributed by atoms with Crippen molar-refractivity contribution in [3.63, 3.8) is 0 Å². The first-order chi connectivity index (χ1) is 8.47. The second-order valence-electron chi connectivity index (χ2n) is 4.42. The summed E-state index contributed by atoms with van der Waals surface area (Å²) in [7, 11) is -3.31. The number of anilines is 1. The Bertz CT molecular complexity index is 486. The minimum absolute atomic E-state index is 0.140. The Labute approximate surface area is 114 Å². The highest BCUT2D eigenvalue weighted by molar-refractivity contribution is 7.91. The van der Waals surface area contributed by atoms with E-state index in [4.69, 9.17) is 17.3 Å². The molecule has 2 N–H and O–H groups in total. The summed E-state index contributed by atoms with van der Waals surface area (Å²) in [6.45, 7) is 2.13. The van der Waals surface area contributed by atoms with E-state index in [2.05, 4.69) is 6.92 Å². The van der Waals surface area contributed by atoms with Crippen molar-refractivity contribution in [1.29, 1.82) is 0 Å². The number of nitrogens with two attached hydrogens (primary N) is 1. The number of rotatable bonds is 7. The maximum atomic E-state index is 12.1. The lowest BCUT2D eigenvalue weighted by molar-refractivity contribution is 0.587. The van der Waals surface area contributed by atoms with E-state index in [1.165, 1.54) is 12.1 Å². The monoisotopic (exact) mass is 289 g/mol. The maximum Gasteiger partial charge on any atom is 0.180 e. The first kappa shape index (κ1) is 15.3. The van der Waals surface area contributed by atoms with Gasteiger partial charge in [0, 0.05) is 5.02 Å². The number of benzene rings is 1. The molecule has 5 heteroatoms. The number of halogens is 1. The second kappa shape index (κ2) is 7.00. The lowest BCUT2D eigenvalue weighted by Gasteiger charge is -2.07. The highest BCUT2D eigenvalue weighted by Crippen LogP contribution is 2.24. The third-order valence-electron chi connectivity index (χ3n) is 2.83. The van der Waals surface area contributed by atoms with Crippen LogP contribution in [0.1, 0.15) is 39.0 Å². The van der Waals surface area contributed by atoms with E-state index in [1.54, 1.807) is 6.07 Å². The Morgan fingerprint density at radius 3 is 2.50 bits per heavy atom. The zero-order valence-electron chi connectivity index (χ0n) is 10.7. The molecule has 0 radical (unpaired) electrons. The zero-order chi connectivity index (χ0) is 13.6. The molecule has 0 aromatic heterocycles. The van der Waals surface area contributed by atoms with Crippen LogP contribution in [-0.2, 0) is 9.84 Å². The van der Waals surface area contributed by atoms with E-state index >= 15 is 0 Å². The Morgan fingerprint density at radius 1 is 1.17 bits per heavy atom. The van der Waals surface area contributed by atoms with Gasteiger partial charge in [-0.3, -0.25) is 0 Å². The molecular weight excluding hydrogens is 270 g/mol. The van der Waals surface area contributed by atoms with Gasteiger partial charge in [-0.2, -0.15) is 0 Å². The molecule has 0 bridgehead atoms. The predicted octanol–water partition coefficient (Wildman–Crippen LogP) is 3.67. The summed E-state index contributed by atoms with van der Waals surface area (Å²) >= 11 is 5.81. The molecule has 0 spiro atoms. The Balaban J connectivity index is 2.66. The first-order valence-corrected chi connectivity index (χ1v) is 8.28. The molecule has 0 aliphatic rings. The van der Waals surface area contributed by atoms with Gasteiger partial charge in [0.15, 0.2) is 9.84 Å². The summed E-state index contributed by atoms with van der Waals surface area (Å²) < 4.78 is 24.2. The summed E-state index contributed by atoms with van der Waals surface area (Å²) in [4.78, 5) is 0.158. The van der Waals surface area contributed by atoms with Crippen molar-refractivity contribution in [3.8, 4) is 0 Å². The van der Waals surface area contributed by atoms with Gasteiger partial charge in [-0.15, -0.1) is 0 Å². The van der Waals surface area contributed by atoms with Crippen LogP contribution in [0.15, 0.2) is 23.1 Å². The van der Waals surface area contributed by atoms with E-state index < -0.39 is 9.84 Å². The number of nitrogen functional groups attached to an aromatic ring is 1. The molecule has 0 amide bonds. The molecular formula is C13H20ClNO2S.